The molecule has 1 aliphatic rings. The fraction of sp³-hybridized carbons (Fsp3) is 0.368. The van der Waals surface area contributed by atoms with Crippen LogP contribution in [0.25, 0.3) is 11.5 Å². The fourth-order valence-corrected chi connectivity index (χ4v) is 2.75. The first-order valence-electron chi connectivity index (χ1n) is 8.60. The normalized spacial score (nSPS) is 15.2. The van der Waals surface area contributed by atoms with Crippen molar-refractivity contribution in [3.63, 3.8) is 0 Å². The Hall–Kier alpha value is -2.76. The third-order valence-electron chi connectivity index (χ3n) is 4.73. The van der Waals surface area contributed by atoms with Crippen LogP contribution in [0.4, 0.5) is 5.82 Å². The highest BCUT2D eigenvalue weighted by Gasteiger charge is 2.28. The molecule has 1 aromatic carbocycles. The van der Waals surface area contributed by atoms with E-state index in [9.17, 15) is 0 Å². The lowest BCUT2D eigenvalue weighted by atomic mass is 10.1. The van der Waals surface area contributed by atoms with E-state index in [2.05, 4.69) is 44.5 Å². The van der Waals surface area contributed by atoms with Crippen LogP contribution in [0.2, 0.25) is 0 Å². The second-order valence-electron chi connectivity index (χ2n) is 6.65. The molecule has 0 amide bonds. The molecule has 6 heteroatoms. The summed E-state index contributed by atoms with van der Waals surface area (Å²) in [7, 11) is 0. The monoisotopic (exact) mass is 335 g/mol. The first-order chi connectivity index (χ1) is 12.1. The molecule has 2 heterocycles. The molecule has 4 rings (SSSR count). The third kappa shape index (κ3) is 3.24. The summed E-state index contributed by atoms with van der Waals surface area (Å²) in [6.07, 6.45) is 3.93. The number of benzene rings is 1. The Morgan fingerprint density at radius 2 is 1.88 bits per heavy atom. The standard InChI is InChI=1S/C19H21N5O/c1-11-12(2)20-10-21-17(11)22-13(3)14-4-8-16(9-5-14)19-23-18(24-25-19)15-6-7-15/h4-5,8-10,13,15H,6-7H2,1-3H3,(H,20,21,22). The van der Waals surface area contributed by atoms with Crippen molar-refractivity contribution in [2.45, 2.75) is 45.6 Å². The lowest BCUT2D eigenvalue weighted by molar-refractivity contribution is 0.422. The summed E-state index contributed by atoms with van der Waals surface area (Å²) in [6, 6.07) is 8.34. The highest BCUT2D eigenvalue weighted by Crippen LogP contribution is 2.38. The summed E-state index contributed by atoms with van der Waals surface area (Å²) in [6.45, 7) is 6.13. The van der Waals surface area contributed by atoms with Crippen molar-refractivity contribution in [3.8, 4) is 11.5 Å². The van der Waals surface area contributed by atoms with E-state index >= 15 is 0 Å². The average molecular weight is 335 g/mol. The molecule has 6 nitrogen and oxygen atoms in total. The largest absolute Gasteiger partial charge is 0.363 e. The van der Waals surface area contributed by atoms with Crippen molar-refractivity contribution in [3.05, 3.63) is 53.2 Å². The second-order valence-corrected chi connectivity index (χ2v) is 6.65. The molecular weight excluding hydrogens is 314 g/mol. The number of nitrogens with one attached hydrogen (secondary N) is 1. The van der Waals surface area contributed by atoms with Crippen molar-refractivity contribution < 1.29 is 4.52 Å². The SMILES string of the molecule is Cc1ncnc(NC(C)c2ccc(-c3nc(C4CC4)no3)cc2)c1C. The van der Waals surface area contributed by atoms with E-state index in [1.807, 2.05) is 26.0 Å². The summed E-state index contributed by atoms with van der Waals surface area (Å²) < 4.78 is 5.38. The van der Waals surface area contributed by atoms with Gasteiger partial charge in [0.05, 0.1) is 0 Å². The van der Waals surface area contributed by atoms with Crippen LogP contribution in [0, 0.1) is 13.8 Å². The van der Waals surface area contributed by atoms with Gasteiger partial charge >= 0.3 is 0 Å². The van der Waals surface area contributed by atoms with Crippen LogP contribution in [0.1, 0.15) is 54.4 Å². The predicted molar refractivity (Wildman–Crippen MR) is 95.3 cm³/mol. The van der Waals surface area contributed by atoms with Crippen LogP contribution in [-0.2, 0) is 0 Å². The molecule has 1 saturated carbocycles. The Bertz CT molecular complexity index is 883. The molecule has 2 aromatic heterocycles. The van der Waals surface area contributed by atoms with E-state index in [1.54, 1.807) is 6.33 Å². The Labute approximate surface area is 146 Å². The second kappa shape index (κ2) is 6.27. The number of hydrogen-bond acceptors (Lipinski definition) is 6. The van der Waals surface area contributed by atoms with Gasteiger partial charge in [0.25, 0.3) is 5.89 Å². The van der Waals surface area contributed by atoms with E-state index in [1.165, 1.54) is 18.4 Å². The maximum Gasteiger partial charge on any atom is 0.257 e. The summed E-state index contributed by atoms with van der Waals surface area (Å²) in [5.74, 6) is 2.80. The molecule has 3 aromatic rings. The molecule has 1 aliphatic carbocycles. The summed E-state index contributed by atoms with van der Waals surface area (Å²) in [5, 5.41) is 7.52. The van der Waals surface area contributed by atoms with Gasteiger partial charge in [-0.2, -0.15) is 4.98 Å². The number of anilines is 1. The Kier molecular flexibility index (Phi) is 3.95. The summed E-state index contributed by atoms with van der Waals surface area (Å²) >= 11 is 0. The van der Waals surface area contributed by atoms with Gasteiger partial charge in [-0.05, 0) is 51.3 Å². The first-order valence-corrected chi connectivity index (χ1v) is 8.60. The third-order valence-corrected chi connectivity index (χ3v) is 4.73. The topological polar surface area (TPSA) is 76.7 Å². The van der Waals surface area contributed by atoms with Crippen molar-refractivity contribution in [1.29, 1.82) is 0 Å². The highest BCUT2D eigenvalue weighted by atomic mass is 16.5. The van der Waals surface area contributed by atoms with E-state index in [4.69, 9.17) is 4.52 Å². The van der Waals surface area contributed by atoms with Crippen LogP contribution < -0.4 is 5.32 Å². The van der Waals surface area contributed by atoms with Gasteiger partial charge < -0.3 is 9.84 Å². The highest BCUT2D eigenvalue weighted by molar-refractivity contribution is 5.54. The van der Waals surface area contributed by atoms with Gasteiger partial charge in [-0.25, -0.2) is 9.97 Å². The minimum absolute atomic E-state index is 0.131. The molecule has 0 spiro atoms. The number of rotatable bonds is 5. The van der Waals surface area contributed by atoms with Crippen molar-refractivity contribution in [2.24, 2.45) is 0 Å². The summed E-state index contributed by atoms with van der Waals surface area (Å²) in [5.41, 5.74) is 4.18. The number of hydrogen-bond donors (Lipinski definition) is 1. The van der Waals surface area contributed by atoms with Gasteiger partial charge in [-0.1, -0.05) is 17.3 Å². The Balaban J connectivity index is 1.49. The minimum atomic E-state index is 0.131. The zero-order valence-electron chi connectivity index (χ0n) is 14.7. The van der Waals surface area contributed by atoms with Crippen LogP contribution in [0.3, 0.4) is 0 Å². The Morgan fingerprint density at radius 3 is 2.60 bits per heavy atom. The van der Waals surface area contributed by atoms with Gasteiger partial charge in [0.15, 0.2) is 5.82 Å². The molecule has 1 N–H and O–H groups in total. The minimum Gasteiger partial charge on any atom is -0.363 e. The number of aryl methyl sites for hydroxylation is 1. The van der Waals surface area contributed by atoms with Gasteiger partial charge in [0.1, 0.15) is 12.1 Å². The van der Waals surface area contributed by atoms with Gasteiger partial charge in [-0.3, -0.25) is 0 Å². The molecule has 25 heavy (non-hydrogen) atoms. The van der Waals surface area contributed by atoms with Crippen molar-refractivity contribution >= 4 is 5.82 Å². The van der Waals surface area contributed by atoms with Gasteiger partial charge in [0, 0.05) is 28.8 Å². The zero-order valence-corrected chi connectivity index (χ0v) is 14.7. The van der Waals surface area contributed by atoms with E-state index in [0.29, 0.717) is 11.8 Å². The lowest BCUT2D eigenvalue weighted by Gasteiger charge is -2.17. The van der Waals surface area contributed by atoms with Crippen LogP contribution in [0.15, 0.2) is 35.1 Å². The van der Waals surface area contributed by atoms with Crippen LogP contribution in [-0.4, -0.2) is 20.1 Å². The smallest absolute Gasteiger partial charge is 0.257 e. The van der Waals surface area contributed by atoms with Crippen LogP contribution >= 0.6 is 0 Å². The van der Waals surface area contributed by atoms with Gasteiger partial charge in [0.2, 0.25) is 0 Å². The van der Waals surface area contributed by atoms with Crippen molar-refractivity contribution in [1.82, 2.24) is 20.1 Å². The molecule has 0 saturated heterocycles. The molecule has 128 valence electrons. The molecule has 0 aliphatic heterocycles. The quantitative estimate of drug-likeness (QED) is 0.753. The zero-order chi connectivity index (χ0) is 17.4. The molecule has 1 fully saturated rings. The summed E-state index contributed by atoms with van der Waals surface area (Å²) in [4.78, 5) is 13.0. The number of nitrogens with zero attached hydrogens (tertiary/aromatic N) is 4. The van der Waals surface area contributed by atoms with E-state index < -0.39 is 0 Å². The predicted octanol–water partition coefficient (Wildman–Crippen LogP) is 4.19. The maximum absolute atomic E-state index is 5.38. The van der Waals surface area contributed by atoms with Crippen molar-refractivity contribution in [2.75, 3.05) is 5.32 Å². The van der Waals surface area contributed by atoms with Crippen LogP contribution in [0.5, 0.6) is 0 Å². The first kappa shape index (κ1) is 15.7. The molecule has 0 bridgehead atoms. The van der Waals surface area contributed by atoms with Gasteiger partial charge in [-0.15, -0.1) is 0 Å². The Morgan fingerprint density at radius 1 is 1.12 bits per heavy atom. The molecule has 1 atom stereocenters. The molecular formula is C19H21N5O. The molecule has 0 radical (unpaired) electrons. The fourth-order valence-electron chi connectivity index (χ4n) is 2.75. The lowest BCUT2D eigenvalue weighted by Crippen LogP contribution is -2.10. The molecule has 1 unspecified atom stereocenters. The maximum atomic E-state index is 5.38. The number of aromatic nitrogens is 4. The van der Waals surface area contributed by atoms with E-state index in [-0.39, 0.29) is 6.04 Å². The average Bonchev–Trinajstić information content (AvgIpc) is 3.36. The van der Waals surface area contributed by atoms with E-state index in [0.717, 1.165) is 28.5 Å².